The van der Waals surface area contributed by atoms with Crippen LogP contribution in [0.25, 0.3) is 0 Å². The monoisotopic (exact) mass is 293 g/mol. The molecule has 0 saturated heterocycles. The highest BCUT2D eigenvalue weighted by Crippen LogP contribution is 2.41. The van der Waals surface area contributed by atoms with E-state index < -0.39 is 0 Å². The van der Waals surface area contributed by atoms with Crippen molar-refractivity contribution in [3.8, 4) is 0 Å². The van der Waals surface area contributed by atoms with E-state index in [0.29, 0.717) is 0 Å². The average Bonchev–Trinajstić information content (AvgIpc) is 2.94. The van der Waals surface area contributed by atoms with Gasteiger partial charge in [0.25, 0.3) is 0 Å². The molecule has 1 atom stereocenters. The topological polar surface area (TPSA) is 39.1 Å². The zero-order valence-electron chi connectivity index (χ0n) is 13.9. The van der Waals surface area contributed by atoms with Crippen molar-refractivity contribution in [1.82, 2.24) is 15.1 Å². The predicted octanol–water partition coefficient (Wildman–Crippen LogP) is 3.68. The van der Waals surface area contributed by atoms with Crippen molar-refractivity contribution in [2.24, 2.45) is 0 Å². The number of aromatic nitrogens is 2. The number of nitrogens with one attached hydrogen (secondary N) is 1. The highest BCUT2D eigenvalue weighted by Gasteiger charge is 2.42. The van der Waals surface area contributed by atoms with Gasteiger partial charge in [-0.3, -0.25) is 4.68 Å². The first-order valence-corrected chi connectivity index (χ1v) is 8.66. The number of nitrogens with zero attached hydrogens (tertiary/aromatic N) is 2. The predicted molar refractivity (Wildman–Crippen MR) is 86.4 cm³/mol. The van der Waals surface area contributed by atoms with Crippen LogP contribution in [0.4, 0.5) is 0 Å². The first-order valence-electron chi connectivity index (χ1n) is 8.66. The molecule has 1 aliphatic carbocycles. The minimum absolute atomic E-state index is 0.0610. The van der Waals surface area contributed by atoms with Gasteiger partial charge in [0.15, 0.2) is 0 Å². The van der Waals surface area contributed by atoms with Gasteiger partial charge in [-0.2, -0.15) is 5.10 Å². The Bertz CT molecular complexity index is 404. The summed E-state index contributed by atoms with van der Waals surface area (Å²) in [6.45, 7) is 9.21. The highest BCUT2D eigenvalue weighted by molar-refractivity contribution is 5.14. The van der Waals surface area contributed by atoms with Gasteiger partial charge in [0, 0.05) is 19.3 Å². The van der Waals surface area contributed by atoms with E-state index in [9.17, 15) is 0 Å². The van der Waals surface area contributed by atoms with Crippen LogP contribution in [0.15, 0.2) is 12.3 Å². The summed E-state index contributed by atoms with van der Waals surface area (Å²) in [5.74, 6) is 0. The lowest BCUT2D eigenvalue weighted by atomic mass is 9.77. The van der Waals surface area contributed by atoms with Crippen LogP contribution in [-0.4, -0.2) is 28.5 Å². The molecule has 0 aliphatic heterocycles. The van der Waals surface area contributed by atoms with E-state index in [1.54, 1.807) is 0 Å². The fourth-order valence-electron chi connectivity index (χ4n) is 3.71. The number of hydrogen-bond donors (Lipinski definition) is 1. The Morgan fingerprint density at radius 1 is 1.29 bits per heavy atom. The molecule has 1 heterocycles. The summed E-state index contributed by atoms with van der Waals surface area (Å²) in [6, 6.07) is 2.41. The molecular weight excluding hydrogens is 262 g/mol. The van der Waals surface area contributed by atoms with Crippen LogP contribution in [-0.2, 0) is 11.3 Å². The minimum Gasteiger partial charge on any atom is -0.373 e. The molecule has 1 aromatic heterocycles. The van der Waals surface area contributed by atoms with Gasteiger partial charge in [-0.15, -0.1) is 0 Å². The molecule has 4 nitrogen and oxygen atoms in total. The van der Waals surface area contributed by atoms with Crippen molar-refractivity contribution in [3.05, 3.63) is 18.0 Å². The Hall–Kier alpha value is -0.870. The molecule has 0 radical (unpaired) electrons. The lowest BCUT2D eigenvalue weighted by molar-refractivity contribution is -0.0926. The van der Waals surface area contributed by atoms with Gasteiger partial charge in [-0.05, 0) is 38.8 Å². The third-order valence-corrected chi connectivity index (χ3v) is 4.55. The van der Waals surface area contributed by atoms with Crippen molar-refractivity contribution in [3.63, 3.8) is 0 Å². The summed E-state index contributed by atoms with van der Waals surface area (Å²) in [4.78, 5) is 0. The number of rotatable bonds is 8. The van der Waals surface area contributed by atoms with Crippen LogP contribution >= 0.6 is 0 Å². The maximum Gasteiger partial charge on any atom is 0.0891 e. The maximum absolute atomic E-state index is 6.34. The molecule has 4 heteroatoms. The quantitative estimate of drug-likeness (QED) is 0.794. The van der Waals surface area contributed by atoms with E-state index in [1.165, 1.54) is 25.0 Å². The number of likely N-dealkylation sites (N-methyl/N-ethyl adjacent to an activating group) is 1. The third-order valence-electron chi connectivity index (χ3n) is 4.55. The Labute approximate surface area is 129 Å². The normalized spacial score (nSPS) is 19.6. The number of hydrogen-bond acceptors (Lipinski definition) is 3. The van der Waals surface area contributed by atoms with Gasteiger partial charge in [-0.25, -0.2) is 0 Å². The summed E-state index contributed by atoms with van der Waals surface area (Å²) >= 11 is 0. The van der Waals surface area contributed by atoms with Gasteiger partial charge in [-0.1, -0.05) is 33.1 Å². The molecule has 1 N–H and O–H groups in total. The van der Waals surface area contributed by atoms with Gasteiger partial charge in [0.2, 0.25) is 0 Å². The molecule has 1 fully saturated rings. The molecule has 1 unspecified atom stereocenters. The van der Waals surface area contributed by atoms with Crippen molar-refractivity contribution in [1.29, 1.82) is 0 Å². The Morgan fingerprint density at radius 3 is 2.67 bits per heavy atom. The zero-order chi connectivity index (χ0) is 15.1. The average molecular weight is 293 g/mol. The minimum atomic E-state index is -0.0610. The third kappa shape index (κ3) is 3.67. The molecule has 0 aromatic carbocycles. The van der Waals surface area contributed by atoms with Crippen molar-refractivity contribution in [2.45, 2.75) is 77.5 Å². The fraction of sp³-hybridized carbons (Fsp3) is 0.824. The maximum atomic E-state index is 6.34. The molecule has 0 spiro atoms. The molecule has 2 rings (SSSR count). The zero-order valence-corrected chi connectivity index (χ0v) is 13.9. The SMILES string of the molecule is CCCn1nccc1C(NCC)C1(OCC)CCCCC1. The molecule has 1 aliphatic rings. The Balaban J connectivity index is 2.32. The van der Waals surface area contributed by atoms with Crippen LogP contribution in [0.3, 0.4) is 0 Å². The first-order chi connectivity index (χ1) is 10.3. The largest absolute Gasteiger partial charge is 0.373 e. The molecule has 120 valence electrons. The smallest absolute Gasteiger partial charge is 0.0891 e. The molecule has 0 bridgehead atoms. The molecular formula is C17H31N3O. The summed E-state index contributed by atoms with van der Waals surface area (Å²) < 4.78 is 8.49. The first kappa shape index (κ1) is 16.5. The Kier molecular flexibility index (Phi) is 6.24. The Morgan fingerprint density at radius 2 is 2.05 bits per heavy atom. The number of ether oxygens (including phenoxy) is 1. The van der Waals surface area contributed by atoms with E-state index >= 15 is 0 Å². The summed E-state index contributed by atoms with van der Waals surface area (Å²) in [6.07, 6.45) is 9.20. The van der Waals surface area contributed by atoms with E-state index in [0.717, 1.165) is 39.0 Å². The van der Waals surface area contributed by atoms with Crippen molar-refractivity contribution >= 4 is 0 Å². The lowest BCUT2D eigenvalue weighted by Gasteiger charge is -2.43. The van der Waals surface area contributed by atoms with Crippen LogP contribution in [0, 0.1) is 0 Å². The summed E-state index contributed by atoms with van der Waals surface area (Å²) in [5.41, 5.74) is 1.23. The van der Waals surface area contributed by atoms with Crippen LogP contribution in [0.1, 0.15) is 71.0 Å². The fourth-order valence-corrected chi connectivity index (χ4v) is 3.71. The van der Waals surface area contributed by atoms with E-state index in [-0.39, 0.29) is 11.6 Å². The second-order valence-corrected chi connectivity index (χ2v) is 6.03. The van der Waals surface area contributed by atoms with E-state index in [1.807, 2.05) is 6.20 Å². The van der Waals surface area contributed by atoms with Gasteiger partial charge >= 0.3 is 0 Å². The van der Waals surface area contributed by atoms with E-state index in [2.05, 4.69) is 41.9 Å². The molecule has 21 heavy (non-hydrogen) atoms. The summed E-state index contributed by atoms with van der Waals surface area (Å²) in [5, 5.41) is 8.21. The number of aryl methyl sites for hydroxylation is 1. The summed E-state index contributed by atoms with van der Waals surface area (Å²) in [7, 11) is 0. The molecule has 1 aromatic rings. The van der Waals surface area contributed by atoms with Crippen molar-refractivity contribution < 1.29 is 4.74 Å². The standard InChI is InChI=1S/C17H31N3O/c1-4-14-20-15(10-13-19-20)16(18-5-2)17(21-6-3)11-8-7-9-12-17/h10,13,16,18H,4-9,11-12,14H2,1-3H3. The van der Waals surface area contributed by atoms with Crippen LogP contribution in [0.2, 0.25) is 0 Å². The second-order valence-electron chi connectivity index (χ2n) is 6.03. The van der Waals surface area contributed by atoms with Gasteiger partial charge < -0.3 is 10.1 Å². The second kappa shape index (κ2) is 7.95. The molecule has 0 amide bonds. The van der Waals surface area contributed by atoms with E-state index in [4.69, 9.17) is 4.74 Å². The highest BCUT2D eigenvalue weighted by atomic mass is 16.5. The lowest BCUT2D eigenvalue weighted by Crippen LogP contribution is -2.48. The van der Waals surface area contributed by atoms with Gasteiger partial charge in [0.1, 0.15) is 0 Å². The van der Waals surface area contributed by atoms with Crippen LogP contribution < -0.4 is 5.32 Å². The van der Waals surface area contributed by atoms with Crippen molar-refractivity contribution in [2.75, 3.05) is 13.2 Å². The van der Waals surface area contributed by atoms with Gasteiger partial charge in [0.05, 0.1) is 17.3 Å². The molecule has 1 saturated carbocycles. The van der Waals surface area contributed by atoms with Crippen LogP contribution in [0.5, 0.6) is 0 Å².